The number of pyridine rings is 1. The molecule has 0 aliphatic carbocycles. The molecule has 0 bridgehead atoms. The quantitative estimate of drug-likeness (QED) is 0.717. The summed E-state index contributed by atoms with van der Waals surface area (Å²) in [5, 5.41) is 6.67. The summed E-state index contributed by atoms with van der Waals surface area (Å²) in [4.78, 5) is 15.2. The van der Waals surface area contributed by atoms with E-state index < -0.39 is 5.91 Å². The molecule has 1 aliphatic heterocycles. The van der Waals surface area contributed by atoms with Crippen LogP contribution in [0.4, 0.5) is 5.82 Å². The minimum absolute atomic E-state index is 0.425. The van der Waals surface area contributed by atoms with E-state index in [1.54, 1.807) is 18.3 Å². The first-order valence-electron chi connectivity index (χ1n) is 5.99. The first-order valence-corrected chi connectivity index (χ1v) is 5.99. The lowest BCUT2D eigenvalue weighted by Crippen LogP contribution is -2.39. The van der Waals surface area contributed by atoms with Gasteiger partial charge in [0.15, 0.2) is 0 Å². The van der Waals surface area contributed by atoms with Crippen LogP contribution < -0.4 is 16.4 Å². The van der Waals surface area contributed by atoms with E-state index in [-0.39, 0.29) is 0 Å². The van der Waals surface area contributed by atoms with Crippen LogP contribution in [0.1, 0.15) is 29.6 Å². The normalized spacial score (nSPS) is 19.9. The molecule has 1 saturated heterocycles. The molecule has 1 amide bonds. The average molecular weight is 234 g/mol. The molecule has 1 aliphatic rings. The smallest absolute Gasteiger partial charge is 0.248 e. The molecule has 2 heterocycles. The van der Waals surface area contributed by atoms with Crippen molar-refractivity contribution < 1.29 is 4.79 Å². The molecule has 1 aromatic rings. The van der Waals surface area contributed by atoms with Gasteiger partial charge in [0, 0.05) is 24.3 Å². The number of nitrogens with one attached hydrogen (secondary N) is 2. The summed E-state index contributed by atoms with van der Waals surface area (Å²) in [6.45, 7) is 1.91. The monoisotopic (exact) mass is 234 g/mol. The second-order valence-electron chi connectivity index (χ2n) is 4.32. The van der Waals surface area contributed by atoms with Crippen LogP contribution >= 0.6 is 0 Å². The molecule has 0 radical (unpaired) electrons. The van der Waals surface area contributed by atoms with Crippen LogP contribution in [0.15, 0.2) is 18.3 Å². The molecule has 2 rings (SSSR count). The van der Waals surface area contributed by atoms with Crippen molar-refractivity contribution in [3.63, 3.8) is 0 Å². The van der Waals surface area contributed by atoms with E-state index in [1.807, 2.05) is 0 Å². The predicted molar refractivity (Wildman–Crippen MR) is 66.9 cm³/mol. The highest BCUT2D eigenvalue weighted by Gasteiger charge is 2.12. The summed E-state index contributed by atoms with van der Waals surface area (Å²) in [5.41, 5.74) is 5.70. The van der Waals surface area contributed by atoms with Crippen molar-refractivity contribution in [3.8, 4) is 0 Å². The maximum atomic E-state index is 11.0. The molecule has 92 valence electrons. The number of nitrogens with two attached hydrogens (primary N) is 1. The molecule has 1 aromatic heterocycles. The zero-order valence-corrected chi connectivity index (χ0v) is 9.78. The van der Waals surface area contributed by atoms with Crippen molar-refractivity contribution in [3.05, 3.63) is 23.9 Å². The van der Waals surface area contributed by atoms with Crippen LogP contribution in [0.5, 0.6) is 0 Å². The van der Waals surface area contributed by atoms with Gasteiger partial charge in [0.05, 0.1) is 0 Å². The van der Waals surface area contributed by atoms with Gasteiger partial charge in [-0.05, 0) is 31.5 Å². The van der Waals surface area contributed by atoms with Crippen molar-refractivity contribution in [2.45, 2.75) is 25.3 Å². The number of carbonyl (C=O) groups excluding carboxylic acids is 1. The second kappa shape index (κ2) is 5.63. The van der Waals surface area contributed by atoms with Crippen LogP contribution in [0, 0.1) is 0 Å². The molecule has 4 N–H and O–H groups in total. The molecule has 0 aromatic carbocycles. The van der Waals surface area contributed by atoms with Gasteiger partial charge in [-0.25, -0.2) is 4.98 Å². The Morgan fingerprint density at radius 2 is 2.47 bits per heavy atom. The molecular formula is C12H18N4O. The number of rotatable bonds is 4. The van der Waals surface area contributed by atoms with Crippen LogP contribution in [0.2, 0.25) is 0 Å². The average Bonchev–Trinajstić information content (AvgIpc) is 2.38. The van der Waals surface area contributed by atoms with E-state index in [1.165, 1.54) is 19.3 Å². The molecular weight excluding hydrogens is 216 g/mol. The molecule has 1 atom stereocenters. The molecule has 0 saturated carbocycles. The first kappa shape index (κ1) is 11.9. The Morgan fingerprint density at radius 3 is 3.18 bits per heavy atom. The van der Waals surface area contributed by atoms with E-state index in [2.05, 4.69) is 15.6 Å². The van der Waals surface area contributed by atoms with Crippen molar-refractivity contribution in [1.82, 2.24) is 10.3 Å². The third-order valence-electron chi connectivity index (χ3n) is 2.99. The van der Waals surface area contributed by atoms with Gasteiger partial charge in [-0.1, -0.05) is 6.42 Å². The number of carbonyl (C=O) groups is 1. The van der Waals surface area contributed by atoms with Crippen LogP contribution in [0.3, 0.4) is 0 Å². The Labute approximate surface area is 101 Å². The van der Waals surface area contributed by atoms with E-state index in [0.29, 0.717) is 17.4 Å². The van der Waals surface area contributed by atoms with E-state index in [4.69, 9.17) is 5.73 Å². The van der Waals surface area contributed by atoms with Crippen molar-refractivity contribution in [1.29, 1.82) is 0 Å². The van der Waals surface area contributed by atoms with Crippen LogP contribution in [-0.4, -0.2) is 30.0 Å². The first-order chi connectivity index (χ1) is 8.25. The van der Waals surface area contributed by atoms with Crippen molar-refractivity contribution in [2.24, 2.45) is 5.73 Å². The van der Waals surface area contributed by atoms with Crippen LogP contribution in [-0.2, 0) is 0 Å². The minimum Gasteiger partial charge on any atom is -0.368 e. The molecule has 5 nitrogen and oxygen atoms in total. The van der Waals surface area contributed by atoms with Gasteiger partial charge in [-0.15, -0.1) is 0 Å². The highest BCUT2D eigenvalue weighted by Crippen LogP contribution is 2.10. The number of piperidine rings is 1. The number of anilines is 1. The summed E-state index contributed by atoms with van der Waals surface area (Å²) in [6, 6.07) is 3.79. The van der Waals surface area contributed by atoms with Gasteiger partial charge in [0.1, 0.15) is 5.82 Å². The van der Waals surface area contributed by atoms with Gasteiger partial charge in [-0.2, -0.15) is 0 Å². The van der Waals surface area contributed by atoms with Crippen LogP contribution in [0.25, 0.3) is 0 Å². The number of primary amides is 1. The second-order valence-corrected chi connectivity index (χ2v) is 4.32. The SMILES string of the molecule is NC(=O)c1ccnc(NCC2CCCCN2)c1. The Kier molecular flexibility index (Phi) is 3.93. The van der Waals surface area contributed by atoms with E-state index in [9.17, 15) is 4.79 Å². The van der Waals surface area contributed by atoms with Crippen molar-refractivity contribution >= 4 is 11.7 Å². The molecule has 1 unspecified atom stereocenters. The number of hydrogen-bond acceptors (Lipinski definition) is 4. The fourth-order valence-electron chi connectivity index (χ4n) is 2.01. The fraction of sp³-hybridized carbons (Fsp3) is 0.500. The third-order valence-corrected chi connectivity index (χ3v) is 2.99. The lowest BCUT2D eigenvalue weighted by atomic mass is 10.1. The fourth-order valence-corrected chi connectivity index (χ4v) is 2.01. The standard InChI is InChI=1S/C12H18N4O/c13-12(17)9-4-6-15-11(7-9)16-8-10-3-1-2-5-14-10/h4,6-7,10,14H,1-3,5,8H2,(H2,13,17)(H,15,16). The maximum absolute atomic E-state index is 11.0. The predicted octanol–water partition coefficient (Wildman–Crippen LogP) is 0.734. The number of nitrogens with zero attached hydrogens (tertiary/aromatic N) is 1. The largest absolute Gasteiger partial charge is 0.368 e. The van der Waals surface area contributed by atoms with Gasteiger partial charge < -0.3 is 16.4 Å². The molecule has 1 fully saturated rings. The topological polar surface area (TPSA) is 80.0 Å². The van der Waals surface area contributed by atoms with Gasteiger partial charge in [-0.3, -0.25) is 4.79 Å². The van der Waals surface area contributed by atoms with Gasteiger partial charge in [0.2, 0.25) is 5.91 Å². The molecule has 0 spiro atoms. The maximum Gasteiger partial charge on any atom is 0.248 e. The summed E-state index contributed by atoms with van der Waals surface area (Å²) >= 11 is 0. The van der Waals surface area contributed by atoms with Gasteiger partial charge >= 0.3 is 0 Å². The zero-order chi connectivity index (χ0) is 12.1. The minimum atomic E-state index is -0.425. The third kappa shape index (κ3) is 3.42. The summed E-state index contributed by atoms with van der Waals surface area (Å²) in [6.07, 6.45) is 5.30. The Hall–Kier alpha value is -1.62. The highest BCUT2D eigenvalue weighted by atomic mass is 16.1. The summed E-state index contributed by atoms with van der Waals surface area (Å²) < 4.78 is 0. The lowest BCUT2D eigenvalue weighted by molar-refractivity contribution is 0.1000. The van der Waals surface area contributed by atoms with E-state index in [0.717, 1.165) is 13.1 Å². The van der Waals surface area contributed by atoms with E-state index >= 15 is 0 Å². The van der Waals surface area contributed by atoms with Gasteiger partial charge in [0.25, 0.3) is 0 Å². The number of aromatic nitrogens is 1. The Balaban J connectivity index is 1.89. The lowest BCUT2D eigenvalue weighted by Gasteiger charge is -2.23. The number of hydrogen-bond donors (Lipinski definition) is 3. The Morgan fingerprint density at radius 1 is 1.59 bits per heavy atom. The molecule has 17 heavy (non-hydrogen) atoms. The zero-order valence-electron chi connectivity index (χ0n) is 9.78. The summed E-state index contributed by atoms with van der Waals surface area (Å²) in [5.74, 6) is 0.278. The Bertz CT molecular complexity index is 388. The molecule has 5 heteroatoms. The number of amides is 1. The highest BCUT2D eigenvalue weighted by molar-refractivity contribution is 5.93. The van der Waals surface area contributed by atoms with Crippen molar-refractivity contribution in [2.75, 3.05) is 18.4 Å². The summed E-state index contributed by atoms with van der Waals surface area (Å²) in [7, 11) is 0.